The molecule has 1 aromatic rings. The summed E-state index contributed by atoms with van der Waals surface area (Å²) in [5.41, 5.74) is 0.745. The van der Waals surface area contributed by atoms with E-state index >= 15 is 0 Å². The molecule has 1 heterocycles. The van der Waals surface area contributed by atoms with Gasteiger partial charge in [-0.05, 0) is 24.0 Å². The number of pyridine rings is 1. The molecule has 0 radical (unpaired) electrons. The summed E-state index contributed by atoms with van der Waals surface area (Å²) in [6.45, 7) is 5.14. The Morgan fingerprint density at radius 3 is 2.58 bits per heavy atom. The van der Waals surface area contributed by atoms with Gasteiger partial charge in [0.15, 0.2) is 0 Å². The van der Waals surface area contributed by atoms with E-state index in [2.05, 4.69) is 29.5 Å². The van der Waals surface area contributed by atoms with Crippen LogP contribution in [0.25, 0.3) is 0 Å². The van der Waals surface area contributed by atoms with E-state index in [0.29, 0.717) is 19.0 Å². The number of carbonyl (C=O) groups is 2. The number of carboxylic acids is 1. The molecule has 0 aliphatic rings. The highest BCUT2D eigenvalue weighted by atomic mass is 16.4. The molecule has 0 aliphatic heterocycles. The lowest BCUT2D eigenvalue weighted by Gasteiger charge is -2.08. The highest BCUT2D eigenvalue weighted by Gasteiger charge is 2.04. The van der Waals surface area contributed by atoms with Crippen molar-refractivity contribution in [3.05, 3.63) is 29.6 Å². The number of carboxylic acid groups (broad SMARTS) is 1. The number of rotatable bonds is 6. The Kier molecular flexibility index (Phi) is 5.78. The summed E-state index contributed by atoms with van der Waals surface area (Å²) in [6, 6.07) is 2.81. The van der Waals surface area contributed by atoms with Crippen molar-refractivity contribution in [1.29, 1.82) is 0 Å². The maximum absolute atomic E-state index is 11.4. The fourth-order valence-electron chi connectivity index (χ4n) is 1.37. The lowest BCUT2D eigenvalue weighted by Crippen LogP contribution is -2.35. The van der Waals surface area contributed by atoms with Gasteiger partial charge in [0.2, 0.25) is 0 Å². The number of hydrogen-bond acceptors (Lipinski definition) is 3. The minimum atomic E-state index is -1.06. The number of carbonyl (C=O) groups excluding carboxylic acids is 1. The maximum Gasteiger partial charge on any atom is 0.354 e. The summed E-state index contributed by atoms with van der Waals surface area (Å²) >= 11 is 0. The van der Waals surface area contributed by atoms with Crippen molar-refractivity contribution in [2.45, 2.75) is 26.8 Å². The van der Waals surface area contributed by atoms with E-state index in [4.69, 9.17) is 5.11 Å². The molecule has 0 saturated heterocycles. The molecule has 1 aromatic heterocycles. The van der Waals surface area contributed by atoms with Crippen LogP contribution in [-0.2, 0) is 6.54 Å². The number of amides is 2. The van der Waals surface area contributed by atoms with Crippen LogP contribution >= 0.6 is 0 Å². The largest absolute Gasteiger partial charge is 0.477 e. The van der Waals surface area contributed by atoms with Crippen LogP contribution < -0.4 is 10.6 Å². The van der Waals surface area contributed by atoms with Gasteiger partial charge in [0.05, 0.1) is 0 Å². The van der Waals surface area contributed by atoms with E-state index in [-0.39, 0.29) is 11.7 Å². The summed E-state index contributed by atoms with van der Waals surface area (Å²) in [7, 11) is 0. The molecule has 104 valence electrons. The fraction of sp³-hybridized carbons (Fsp3) is 0.462. The fourth-order valence-corrected chi connectivity index (χ4v) is 1.37. The van der Waals surface area contributed by atoms with Crippen LogP contribution in [0.1, 0.15) is 36.3 Å². The maximum atomic E-state index is 11.4. The topological polar surface area (TPSA) is 91.3 Å². The van der Waals surface area contributed by atoms with Crippen LogP contribution in [0.4, 0.5) is 4.79 Å². The standard InChI is InChI=1S/C13H19N3O3/c1-9(2)5-6-14-13(19)16-8-10-3-4-11(12(17)18)15-7-10/h3-4,7,9H,5-6,8H2,1-2H3,(H,17,18)(H2,14,16,19). The zero-order valence-corrected chi connectivity index (χ0v) is 11.1. The summed E-state index contributed by atoms with van der Waals surface area (Å²) in [6.07, 6.45) is 2.38. The molecule has 0 aliphatic carbocycles. The van der Waals surface area contributed by atoms with Crippen molar-refractivity contribution in [3.8, 4) is 0 Å². The van der Waals surface area contributed by atoms with Gasteiger partial charge in [-0.15, -0.1) is 0 Å². The lowest BCUT2D eigenvalue weighted by molar-refractivity contribution is 0.0690. The monoisotopic (exact) mass is 265 g/mol. The summed E-state index contributed by atoms with van der Waals surface area (Å²) in [5.74, 6) is -0.515. The first kappa shape index (κ1) is 14.9. The summed E-state index contributed by atoms with van der Waals surface area (Å²) < 4.78 is 0. The Balaban J connectivity index is 2.32. The third kappa shape index (κ3) is 5.85. The Labute approximate surface area is 112 Å². The van der Waals surface area contributed by atoms with Crippen molar-refractivity contribution in [2.24, 2.45) is 5.92 Å². The Hall–Kier alpha value is -2.11. The zero-order valence-electron chi connectivity index (χ0n) is 11.1. The van der Waals surface area contributed by atoms with Gasteiger partial charge in [0.25, 0.3) is 0 Å². The molecule has 19 heavy (non-hydrogen) atoms. The second-order valence-corrected chi connectivity index (χ2v) is 4.65. The number of nitrogens with zero attached hydrogens (tertiary/aromatic N) is 1. The molecular formula is C13H19N3O3. The molecule has 6 nitrogen and oxygen atoms in total. The average Bonchev–Trinajstić information content (AvgIpc) is 2.36. The Morgan fingerprint density at radius 2 is 2.05 bits per heavy atom. The Morgan fingerprint density at radius 1 is 1.32 bits per heavy atom. The summed E-state index contributed by atoms with van der Waals surface area (Å²) in [5, 5.41) is 14.1. The number of nitrogens with one attached hydrogen (secondary N) is 2. The minimum Gasteiger partial charge on any atom is -0.477 e. The molecule has 0 spiro atoms. The van der Waals surface area contributed by atoms with Crippen molar-refractivity contribution in [1.82, 2.24) is 15.6 Å². The second-order valence-electron chi connectivity index (χ2n) is 4.65. The van der Waals surface area contributed by atoms with Gasteiger partial charge >= 0.3 is 12.0 Å². The zero-order chi connectivity index (χ0) is 14.3. The highest BCUT2D eigenvalue weighted by molar-refractivity contribution is 5.85. The summed E-state index contributed by atoms with van der Waals surface area (Å²) in [4.78, 5) is 25.8. The second kappa shape index (κ2) is 7.35. The number of aromatic carboxylic acids is 1. The van der Waals surface area contributed by atoms with Crippen LogP contribution in [0.15, 0.2) is 18.3 Å². The van der Waals surface area contributed by atoms with E-state index in [1.807, 2.05) is 0 Å². The first-order valence-corrected chi connectivity index (χ1v) is 6.19. The molecule has 0 aromatic carbocycles. The Bertz CT molecular complexity index is 429. The van der Waals surface area contributed by atoms with Crippen molar-refractivity contribution in [3.63, 3.8) is 0 Å². The van der Waals surface area contributed by atoms with Crippen LogP contribution in [0.2, 0.25) is 0 Å². The highest BCUT2D eigenvalue weighted by Crippen LogP contribution is 2.00. The van der Waals surface area contributed by atoms with Crippen LogP contribution in [-0.4, -0.2) is 28.6 Å². The van der Waals surface area contributed by atoms with Gasteiger partial charge in [0.1, 0.15) is 5.69 Å². The molecule has 0 bridgehead atoms. The van der Waals surface area contributed by atoms with E-state index in [9.17, 15) is 9.59 Å². The first-order chi connectivity index (χ1) is 8.99. The van der Waals surface area contributed by atoms with E-state index < -0.39 is 5.97 Å². The third-order valence-electron chi connectivity index (χ3n) is 2.50. The third-order valence-corrected chi connectivity index (χ3v) is 2.50. The van der Waals surface area contributed by atoms with Crippen LogP contribution in [0, 0.1) is 5.92 Å². The van der Waals surface area contributed by atoms with Gasteiger partial charge in [-0.1, -0.05) is 19.9 Å². The molecular weight excluding hydrogens is 246 g/mol. The van der Waals surface area contributed by atoms with Crippen LogP contribution in [0.5, 0.6) is 0 Å². The van der Waals surface area contributed by atoms with Gasteiger partial charge in [0, 0.05) is 19.3 Å². The van der Waals surface area contributed by atoms with Crippen LogP contribution in [0.3, 0.4) is 0 Å². The molecule has 0 unspecified atom stereocenters. The number of hydrogen-bond donors (Lipinski definition) is 3. The minimum absolute atomic E-state index is 0.00913. The predicted molar refractivity (Wildman–Crippen MR) is 70.9 cm³/mol. The number of aromatic nitrogens is 1. The SMILES string of the molecule is CC(C)CCNC(=O)NCc1ccc(C(=O)O)nc1. The van der Waals surface area contributed by atoms with Crippen molar-refractivity contribution >= 4 is 12.0 Å². The molecule has 0 atom stereocenters. The first-order valence-electron chi connectivity index (χ1n) is 6.19. The van der Waals surface area contributed by atoms with E-state index in [0.717, 1.165) is 12.0 Å². The predicted octanol–water partition coefficient (Wildman–Crippen LogP) is 1.63. The lowest BCUT2D eigenvalue weighted by atomic mass is 10.1. The molecule has 6 heteroatoms. The van der Waals surface area contributed by atoms with E-state index in [1.54, 1.807) is 6.07 Å². The van der Waals surface area contributed by atoms with Crippen molar-refractivity contribution in [2.75, 3.05) is 6.54 Å². The molecule has 0 fully saturated rings. The molecule has 2 amide bonds. The quantitative estimate of drug-likeness (QED) is 0.729. The van der Waals surface area contributed by atoms with Crippen molar-refractivity contribution < 1.29 is 14.7 Å². The number of urea groups is 1. The van der Waals surface area contributed by atoms with E-state index in [1.165, 1.54) is 12.3 Å². The smallest absolute Gasteiger partial charge is 0.354 e. The van der Waals surface area contributed by atoms with Gasteiger partial charge in [-0.25, -0.2) is 14.6 Å². The van der Waals surface area contributed by atoms with Gasteiger partial charge < -0.3 is 15.7 Å². The van der Waals surface area contributed by atoms with Gasteiger partial charge in [-0.2, -0.15) is 0 Å². The molecule has 0 saturated carbocycles. The van der Waals surface area contributed by atoms with Gasteiger partial charge in [-0.3, -0.25) is 0 Å². The normalized spacial score (nSPS) is 10.3. The molecule has 3 N–H and O–H groups in total. The molecule has 1 rings (SSSR count). The average molecular weight is 265 g/mol.